The lowest BCUT2D eigenvalue weighted by Gasteiger charge is -1.94. The number of benzene rings is 1. The summed E-state index contributed by atoms with van der Waals surface area (Å²) in [7, 11) is -3.90. The van der Waals surface area contributed by atoms with E-state index in [0.29, 0.717) is 11.5 Å². The van der Waals surface area contributed by atoms with Gasteiger partial charge in [-0.05, 0) is 11.6 Å². The van der Waals surface area contributed by atoms with Gasteiger partial charge in [-0.3, -0.25) is 4.55 Å². The monoisotopic (exact) mass is 326 g/mol. The fourth-order valence-corrected chi connectivity index (χ4v) is 1.06. The molecule has 1 aromatic carbocycles. The Bertz CT molecular complexity index is 674. The number of carboxylic acids is 2. The van der Waals surface area contributed by atoms with Crippen molar-refractivity contribution in [2.45, 2.75) is 0 Å². The highest BCUT2D eigenvalue weighted by Crippen LogP contribution is 2.05. The SMILES string of the molecule is C=CS(=O)(=O)O.O=C(O)C=C(C=Cc1ccccc1)C(=O)O. The van der Waals surface area contributed by atoms with Crippen LogP contribution >= 0.6 is 0 Å². The summed E-state index contributed by atoms with van der Waals surface area (Å²) in [4.78, 5) is 21.0. The summed E-state index contributed by atoms with van der Waals surface area (Å²) in [5.41, 5.74) is 0.538. The lowest BCUT2D eigenvalue weighted by molar-refractivity contribution is -0.134. The Morgan fingerprint density at radius 3 is 1.95 bits per heavy atom. The predicted octanol–water partition coefficient (Wildman–Crippen LogP) is 1.81. The van der Waals surface area contributed by atoms with Gasteiger partial charge in [0.15, 0.2) is 0 Å². The summed E-state index contributed by atoms with van der Waals surface area (Å²) < 4.78 is 26.6. The van der Waals surface area contributed by atoms with Crippen molar-refractivity contribution in [1.82, 2.24) is 0 Å². The molecule has 22 heavy (non-hydrogen) atoms. The number of carboxylic acid groups (broad SMARTS) is 2. The molecule has 0 fully saturated rings. The van der Waals surface area contributed by atoms with E-state index in [1.807, 2.05) is 6.07 Å². The summed E-state index contributed by atoms with van der Waals surface area (Å²) in [5.74, 6) is -2.55. The smallest absolute Gasteiger partial charge is 0.335 e. The van der Waals surface area contributed by atoms with E-state index in [1.165, 1.54) is 6.08 Å². The van der Waals surface area contributed by atoms with Crippen molar-refractivity contribution >= 4 is 28.1 Å². The van der Waals surface area contributed by atoms with Gasteiger partial charge in [-0.25, -0.2) is 9.59 Å². The van der Waals surface area contributed by atoms with Gasteiger partial charge in [0, 0.05) is 6.08 Å². The van der Waals surface area contributed by atoms with Crippen molar-refractivity contribution in [3.63, 3.8) is 0 Å². The molecule has 0 unspecified atom stereocenters. The van der Waals surface area contributed by atoms with Gasteiger partial charge in [0.2, 0.25) is 0 Å². The lowest BCUT2D eigenvalue weighted by atomic mass is 10.1. The molecule has 0 amide bonds. The molecule has 0 bridgehead atoms. The molecular formula is C14H14O7S. The van der Waals surface area contributed by atoms with Crippen LogP contribution in [0.5, 0.6) is 0 Å². The van der Waals surface area contributed by atoms with Crippen LogP contribution in [0.15, 0.2) is 60.0 Å². The molecule has 0 radical (unpaired) electrons. The molecule has 0 heterocycles. The van der Waals surface area contributed by atoms with Crippen molar-refractivity contribution in [2.24, 2.45) is 0 Å². The molecule has 0 aliphatic heterocycles. The third kappa shape index (κ3) is 10.1. The molecule has 8 heteroatoms. The van der Waals surface area contributed by atoms with Crippen LogP contribution in [-0.4, -0.2) is 35.1 Å². The first kappa shape index (κ1) is 19.3. The van der Waals surface area contributed by atoms with E-state index >= 15 is 0 Å². The topological polar surface area (TPSA) is 129 Å². The molecule has 118 valence electrons. The Balaban J connectivity index is 0.000000626. The molecule has 0 spiro atoms. The van der Waals surface area contributed by atoms with E-state index in [1.54, 1.807) is 30.3 Å². The van der Waals surface area contributed by atoms with Gasteiger partial charge >= 0.3 is 11.9 Å². The first-order valence-electron chi connectivity index (χ1n) is 5.66. The summed E-state index contributed by atoms with van der Waals surface area (Å²) in [6.45, 7) is 2.79. The third-order valence-electron chi connectivity index (χ3n) is 1.99. The van der Waals surface area contributed by atoms with Crippen molar-refractivity contribution in [3.05, 3.63) is 65.6 Å². The van der Waals surface area contributed by atoms with Crippen LogP contribution in [0.2, 0.25) is 0 Å². The number of hydrogen-bond donors (Lipinski definition) is 3. The average Bonchev–Trinajstić information content (AvgIpc) is 2.44. The van der Waals surface area contributed by atoms with E-state index in [-0.39, 0.29) is 5.57 Å². The van der Waals surface area contributed by atoms with Gasteiger partial charge in [0.25, 0.3) is 10.1 Å². The fourth-order valence-electron chi connectivity index (χ4n) is 1.06. The van der Waals surface area contributed by atoms with E-state index in [2.05, 4.69) is 6.58 Å². The first-order valence-corrected chi connectivity index (χ1v) is 7.17. The average molecular weight is 326 g/mol. The normalized spacial score (nSPS) is 11.4. The van der Waals surface area contributed by atoms with Gasteiger partial charge in [0.1, 0.15) is 0 Å². The van der Waals surface area contributed by atoms with Crippen molar-refractivity contribution in [3.8, 4) is 0 Å². The third-order valence-corrected chi connectivity index (χ3v) is 2.41. The van der Waals surface area contributed by atoms with E-state index in [4.69, 9.17) is 14.8 Å². The Hall–Kier alpha value is -2.71. The number of rotatable bonds is 5. The first-order chi connectivity index (χ1) is 10.2. The number of aliphatic carboxylic acids is 2. The standard InChI is InChI=1S/C12H10O4.C2H4O3S/c13-11(14)8-10(12(15)16)7-6-9-4-2-1-3-5-9;1-2-6(3,4)5/h1-8H,(H,13,14)(H,15,16);2H,1H2,(H,3,4,5). The molecule has 1 aromatic rings. The minimum absolute atomic E-state index is 0.267. The van der Waals surface area contributed by atoms with Crippen LogP contribution in [-0.2, 0) is 19.7 Å². The highest BCUT2D eigenvalue weighted by molar-refractivity contribution is 7.88. The Labute approximate surface area is 127 Å². The second-order valence-corrected chi connectivity index (χ2v) is 5.03. The predicted molar refractivity (Wildman–Crippen MR) is 80.6 cm³/mol. The molecule has 0 aliphatic rings. The van der Waals surface area contributed by atoms with Crippen LogP contribution in [0.4, 0.5) is 0 Å². The van der Waals surface area contributed by atoms with Crippen LogP contribution in [0.25, 0.3) is 6.08 Å². The van der Waals surface area contributed by atoms with Gasteiger partial charge in [0.05, 0.1) is 11.0 Å². The van der Waals surface area contributed by atoms with Crippen LogP contribution in [0.1, 0.15) is 5.56 Å². The highest BCUT2D eigenvalue weighted by Gasteiger charge is 2.04. The lowest BCUT2D eigenvalue weighted by Crippen LogP contribution is -2.01. The summed E-state index contributed by atoms with van der Waals surface area (Å²) in [6, 6.07) is 9.03. The number of hydrogen-bond acceptors (Lipinski definition) is 4. The molecule has 0 saturated heterocycles. The van der Waals surface area contributed by atoms with E-state index in [9.17, 15) is 18.0 Å². The second-order valence-electron chi connectivity index (χ2n) is 3.67. The summed E-state index contributed by atoms with van der Waals surface area (Å²) in [5, 5.41) is 17.6. The fraction of sp³-hybridized carbons (Fsp3) is 0. The quantitative estimate of drug-likeness (QED) is 0.427. The Morgan fingerprint density at radius 2 is 1.59 bits per heavy atom. The van der Waals surface area contributed by atoms with Gasteiger partial charge in [-0.2, -0.15) is 8.42 Å². The van der Waals surface area contributed by atoms with Crippen molar-refractivity contribution in [1.29, 1.82) is 0 Å². The van der Waals surface area contributed by atoms with Crippen molar-refractivity contribution < 1.29 is 32.8 Å². The van der Waals surface area contributed by atoms with Crippen LogP contribution in [0, 0.1) is 0 Å². The van der Waals surface area contributed by atoms with Gasteiger partial charge in [-0.1, -0.05) is 43.0 Å². The van der Waals surface area contributed by atoms with Crippen LogP contribution in [0.3, 0.4) is 0 Å². The molecule has 0 saturated carbocycles. The highest BCUT2D eigenvalue weighted by atomic mass is 32.2. The Morgan fingerprint density at radius 1 is 1.09 bits per heavy atom. The van der Waals surface area contributed by atoms with E-state index in [0.717, 1.165) is 5.56 Å². The minimum atomic E-state index is -3.90. The maximum Gasteiger partial charge on any atom is 0.335 e. The zero-order valence-electron chi connectivity index (χ0n) is 11.3. The largest absolute Gasteiger partial charge is 0.478 e. The minimum Gasteiger partial charge on any atom is -0.478 e. The summed E-state index contributed by atoms with van der Waals surface area (Å²) in [6.07, 6.45) is 3.45. The zero-order chi connectivity index (χ0) is 17.2. The maximum absolute atomic E-state index is 10.7. The van der Waals surface area contributed by atoms with E-state index < -0.39 is 22.1 Å². The van der Waals surface area contributed by atoms with Gasteiger partial charge in [-0.15, -0.1) is 0 Å². The summed E-state index contributed by atoms with van der Waals surface area (Å²) >= 11 is 0. The maximum atomic E-state index is 10.7. The molecule has 1 rings (SSSR count). The zero-order valence-corrected chi connectivity index (χ0v) is 12.1. The van der Waals surface area contributed by atoms with Gasteiger partial charge < -0.3 is 10.2 Å². The Kier molecular flexibility index (Phi) is 8.13. The molecule has 3 N–H and O–H groups in total. The molecular weight excluding hydrogens is 312 g/mol. The number of carbonyl (C=O) groups is 2. The van der Waals surface area contributed by atoms with Crippen molar-refractivity contribution in [2.75, 3.05) is 0 Å². The molecule has 7 nitrogen and oxygen atoms in total. The second kappa shape index (κ2) is 9.27. The molecule has 0 aliphatic carbocycles. The van der Waals surface area contributed by atoms with Crippen LogP contribution < -0.4 is 0 Å². The molecule has 0 atom stereocenters. The molecule has 0 aromatic heterocycles.